The van der Waals surface area contributed by atoms with Gasteiger partial charge in [0.2, 0.25) is 0 Å². The van der Waals surface area contributed by atoms with E-state index in [1.165, 1.54) is 16.9 Å². The van der Waals surface area contributed by atoms with Crippen molar-refractivity contribution in [1.82, 2.24) is 4.57 Å². The van der Waals surface area contributed by atoms with E-state index >= 15 is 0 Å². The number of benzene rings is 1. The molecule has 3 nitrogen and oxygen atoms in total. The molecule has 0 atom stereocenters. The predicted molar refractivity (Wildman–Crippen MR) is 114 cm³/mol. The van der Waals surface area contributed by atoms with Gasteiger partial charge in [-0.05, 0) is 68.4 Å². The van der Waals surface area contributed by atoms with Crippen LogP contribution in [0, 0.1) is 36.5 Å². The lowest BCUT2D eigenvalue weighted by molar-refractivity contribution is 0.695. The fourth-order valence-corrected chi connectivity index (χ4v) is 5.47. The molecule has 0 unspecified atom stereocenters. The Morgan fingerprint density at radius 2 is 1.86 bits per heavy atom. The van der Waals surface area contributed by atoms with Gasteiger partial charge in [0.05, 0.1) is 17.2 Å². The molecule has 138 valence electrons. The summed E-state index contributed by atoms with van der Waals surface area (Å²) < 4.78 is 2.19. The first kappa shape index (κ1) is 18.3. The maximum absolute atomic E-state index is 9.83. The fraction of sp³-hybridized carbons (Fsp3) is 0.250. The van der Waals surface area contributed by atoms with E-state index in [0.717, 1.165) is 52.3 Å². The van der Waals surface area contributed by atoms with Gasteiger partial charge in [-0.2, -0.15) is 10.5 Å². The van der Waals surface area contributed by atoms with Gasteiger partial charge in [0.25, 0.3) is 0 Å². The summed E-state index contributed by atoms with van der Waals surface area (Å²) in [6.07, 6.45) is 6.41. The average Bonchev–Trinajstić information content (AvgIpc) is 3.22. The number of aromatic nitrogens is 1. The Bertz CT molecular complexity index is 1150. The number of rotatable bonds is 3. The Balaban J connectivity index is 1.84. The lowest BCUT2D eigenvalue weighted by atomic mass is 9.96. The topological polar surface area (TPSA) is 52.5 Å². The fourth-order valence-electron chi connectivity index (χ4n) is 4.02. The second-order valence-corrected chi connectivity index (χ2v) is 8.28. The summed E-state index contributed by atoms with van der Waals surface area (Å²) in [7, 11) is 0. The van der Waals surface area contributed by atoms with Gasteiger partial charge in [-0.1, -0.05) is 30.3 Å². The van der Waals surface area contributed by atoms with Gasteiger partial charge in [-0.25, -0.2) is 0 Å². The maximum atomic E-state index is 9.83. The highest BCUT2D eigenvalue weighted by Crippen LogP contribution is 2.38. The normalized spacial score (nSPS) is 13.6. The summed E-state index contributed by atoms with van der Waals surface area (Å²) in [5, 5.41) is 20.5. The molecule has 2 heterocycles. The third kappa shape index (κ3) is 3.07. The first-order valence-electron chi connectivity index (χ1n) is 9.55. The molecule has 0 saturated carbocycles. The molecule has 0 N–H and O–H groups in total. The third-order valence-corrected chi connectivity index (χ3v) is 6.72. The molecular weight excluding hydrogens is 362 g/mol. The Hall–Kier alpha value is -3.08. The zero-order chi connectivity index (χ0) is 19.7. The van der Waals surface area contributed by atoms with Crippen LogP contribution in [0.25, 0.3) is 16.7 Å². The molecule has 4 heteroatoms. The number of nitrogens with zero attached hydrogens (tertiary/aromatic N) is 3. The lowest BCUT2D eigenvalue weighted by Gasteiger charge is -2.10. The molecule has 0 saturated heterocycles. The van der Waals surface area contributed by atoms with E-state index in [1.807, 2.05) is 36.4 Å². The van der Waals surface area contributed by atoms with Crippen LogP contribution in [-0.4, -0.2) is 4.57 Å². The smallest absolute Gasteiger partial charge is 0.118 e. The first-order chi connectivity index (χ1) is 13.6. The van der Waals surface area contributed by atoms with Gasteiger partial charge in [-0.3, -0.25) is 0 Å². The number of hydrogen-bond donors (Lipinski definition) is 0. The van der Waals surface area contributed by atoms with Crippen molar-refractivity contribution in [3.05, 3.63) is 74.9 Å². The standard InChI is InChI=1S/C24H21N3S/c1-16-12-19(13-20(14-25)18-8-4-3-5-9-18)17(2)27(16)24-22(15-26)21-10-6-7-11-23(21)28-24/h3-5,8-9,12-13H,6-7,10-11H2,1-2H3/b20-13-. The van der Waals surface area contributed by atoms with Crippen molar-refractivity contribution < 1.29 is 0 Å². The van der Waals surface area contributed by atoms with E-state index in [2.05, 4.69) is 36.6 Å². The number of nitriles is 2. The molecule has 0 amide bonds. The zero-order valence-electron chi connectivity index (χ0n) is 16.1. The molecule has 0 radical (unpaired) electrons. The lowest BCUT2D eigenvalue weighted by Crippen LogP contribution is -2.02. The monoisotopic (exact) mass is 383 g/mol. The van der Waals surface area contributed by atoms with Crippen LogP contribution >= 0.6 is 11.3 Å². The minimum Gasteiger partial charge on any atom is -0.308 e. The number of hydrogen-bond acceptors (Lipinski definition) is 3. The molecule has 1 aromatic carbocycles. The summed E-state index contributed by atoms with van der Waals surface area (Å²) in [4.78, 5) is 1.37. The van der Waals surface area contributed by atoms with Crippen LogP contribution in [0.3, 0.4) is 0 Å². The van der Waals surface area contributed by atoms with Crippen molar-refractivity contribution in [1.29, 1.82) is 10.5 Å². The highest BCUT2D eigenvalue weighted by Gasteiger charge is 2.23. The van der Waals surface area contributed by atoms with Crippen molar-refractivity contribution in [3.8, 4) is 17.1 Å². The van der Waals surface area contributed by atoms with Crippen molar-refractivity contribution >= 4 is 23.0 Å². The highest BCUT2D eigenvalue weighted by molar-refractivity contribution is 7.15. The van der Waals surface area contributed by atoms with Crippen molar-refractivity contribution in [2.75, 3.05) is 0 Å². The van der Waals surface area contributed by atoms with Crippen LogP contribution in [-0.2, 0) is 12.8 Å². The van der Waals surface area contributed by atoms with E-state index in [-0.39, 0.29) is 0 Å². The van der Waals surface area contributed by atoms with E-state index < -0.39 is 0 Å². The molecule has 4 rings (SSSR count). The number of aryl methyl sites for hydroxylation is 2. The molecule has 2 aromatic heterocycles. The first-order valence-corrected chi connectivity index (χ1v) is 10.4. The van der Waals surface area contributed by atoms with Gasteiger partial charge in [0.15, 0.2) is 0 Å². The summed E-state index contributed by atoms with van der Waals surface area (Å²) in [6, 6.07) is 16.6. The highest BCUT2D eigenvalue weighted by atomic mass is 32.1. The van der Waals surface area contributed by atoms with E-state index in [1.54, 1.807) is 11.3 Å². The molecule has 0 aliphatic heterocycles. The van der Waals surface area contributed by atoms with Gasteiger partial charge in [0, 0.05) is 16.3 Å². The molecule has 0 fully saturated rings. The quantitative estimate of drug-likeness (QED) is 0.523. The summed E-state index contributed by atoms with van der Waals surface area (Å²) in [5.41, 5.74) is 6.82. The Labute approximate surface area is 169 Å². The van der Waals surface area contributed by atoms with E-state index in [4.69, 9.17) is 0 Å². The molecule has 0 spiro atoms. The second-order valence-electron chi connectivity index (χ2n) is 7.20. The second kappa shape index (κ2) is 7.50. The summed E-state index contributed by atoms with van der Waals surface area (Å²) in [5.74, 6) is 0. The van der Waals surface area contributed by atoms with Crippen molar-refractivity contribution in [2.45, 2.75) is 39.5 Å². The summed E-state index contributed by atoms with van der Waals surface area (Å²) >= 11 is 1.76. The van der Waals surface area contributed by atoms with Gasteiger partial charge in [-0.15, -0.1) is 11.3 Å². The van der Waals surface area contributed by atoms with E-state index in [9.17, 15) is 10.5 Å². The number of fused-ring (bicyclic) bond motifs is 1. The van der Waals surface area contributed by atoms with Gasteiger partial charge >= 0.3 is 0 Å². The minimum absolute atomic E-state index is 0.645. The van der Waals surface area contributed by atoms with E-state index in [0.29, 0.717) is 5.57 Å². The number of allylic oxidation sites excluding steroid dienone is 1. The van der Waals surface area contributed by atoms with Crippen LogP contribution < -0.4 is 0 Å². The Morgan fingerprint density at radius 1 is 1.11 bits per heavy atom. The number of thiophene rings is 1. The Morgan fingerprint density at radius 3 is 2.57 bits per heavy atom. The van der Waals surface area contributed by atoms with Crippen LogP contribution in [0.5, 0.6) is 0 Å². The van der Waals surface area contributed by atoms with Gasteiger partial charge in [0.1, 0.15) is 11.1 Å². The average molecular weight is 384 g/mol. The minimum atomic E-state index is 0.645. The van der Waals surface area contributed by atoms with Crippen molar-refractivity contribution in [2.24, 2.45) is 0 Å². The summed E-state index contributed by atoms with van der Waals surface area (Å²) in [6.45, 7) is 4.14. The van der Waals surface area contributed by atoms with Crippen LogP contribution in [0.2, 0.25) is 0 Å². The zero-order valence-corrected chi connectivity index (χ0v) is 16.9. The van der Waals surface area contributed by atoms with Crippen LogP contribution in [0.4, 0.5) is 0 Å². The molecule has 0 bridgehead atoms. The predicted octanol–water partition coefficient (Wildman–Crippen LogP) is 5.97. The Kier molecular flexibility index (Phi) is 4.90. The molecular formula is C24H21N3S. The maximum Gasteiger partial charge on any atom is 0.118 e. The van der Waals surface area contributed by atoms with Crippen molar-refractivity contribution in [3.63, 3.8) is 0 Å². The third-order valence-electron chi connectivity index (χ3n) is 5.44. The SMILES string of the molecule is Cc1cc(/C=C(/C#N)c2ccccc2)c(C)n1-c1sc2c(c1C#N)CCCC2. The molecule has 1 aliphatic carbocycles. The van der Waals surface area contributed by atoms with Crippen LogP contribution in [0.15, 0.2) is 36.4 Å². The molecule has 28 heavy (non-hydrogen) atoms. The van der Waals surface area contributed by atoms with Crippen LogP contribution in [0.1, 0.15) is 51.4 Å². The molecule has 1 aliphatic rings. The largest absolute Gasteiger partial charge is 0.308 e. The van der Waals surface area contributed by atoms with Gasteiger partial charge < -0.3 is 4.57 Å². The molecule has 3 aromatic rings.